The lowest BCUT2D eigenvalue weighted by Crippen LogP contribution is -2.24. The summed E-state index contributed by atoms with van der Waals surface area (Å²) in [6.45, 7) is 2.13. The van der Waals surface area contributed by atoms with Gasteiger partial charge in [-0.1, -0.05) is 13.3 Å². The van der Waals surface area contributed by atoms with Crippen molar-refractivity contribution in [3.05, 3.63) is 33.4 Å². The van der Waals surface area contributed by atoms with Gasteiger partial charge in [-0.25, -0.2) is 9.50 Å². The summed E-state index contributed by atoms with van der Waals surface area (Å²) in [4.78, 5) is 16.9. The molecular weight excluding hydrogens is 214 g/mol. The van der Waals surface area contributed by atoms with E-state index in [2.05, 4.69) is 17.0 Å². The maximum atomic E-state index is 12.3. The van der Waals surface area contributed by atoms with Gasteiger partial charge in [-0.15, -0.1) is 0 Å². The Labute approximate surface area is 99.7 Å². The van der Waals surface area contributed by atoms with Crippen LogP contribution in [0.15, 0.2) is 10.9 Å². The number of rotatable bonds is 2. The molecule has 2 aromatic rings. The van der Waals surface area contributed by atoms with Crippen LogP contribution in [0.3, 0.4) is 0 Å². The molecule has 0 radical (unpaired) electrons. The Kier molecular flexibility index (Phi) is 2.50. The second kappa shape index (κ2) is 4.02. The van der Waals surface area contributed by atoms with Crippen LogP contribution in [0.5, 0.6) is 0 Å². The molecule has 0 aromatic carbocycles. The molecule has 0 amide bonds. The van der Waals surface area contributed by atoms with Crippen molar-refractivity contribution in [2.75, 3.05) is 0 Å². The molecule has 3 rings (SSSR count). The van der Waals surface area contributed by atoms with E-state index in [1.165, 1.54) is 0 Å². The lowest BCUT2D eigenvalue weighted by atomic mass is 9.97. The first kappa shape index (κ1) is 10.6. The lowest BCUT2D eigenvalue weighted by Gasteiger charge is -2.13. The number of H-pyrrole nitrogens is 1. The Balaban J connectivity index is 2.22. The Bertz CT molecular complexity index is 609. The van der Waals surface area contributed by atoms with E-state index in [0.717, 1.165) is 61.1 Å². The van der Waals surface area contributed by atoms with Crippen LogP contribution in [0, 0.1) is 0 Å². The molecule has 0 unspecified atom stereocenters. The third-order valence-corrected chi connectivity index (χ3v) is 3.46. The zero-order valence-electron chi connectivity index (χ0n) is 10.1. The average molecular weight is 231 g/mol. The summed E-state index contributed by atoms with van der Waals surface area (Å²) in [5.41, 5.74) is 3.91. The minimum atomic E-state index is 0.104. The third-order valence-electron chi connectivity index (χ3n) is 3.46. The molecule has 0 aliphatic heterocycles. The highest BCUT2D eigenvalue weighted by atomic mass is 16.1. The Morgan fingerprint density at radius 1 is 1.41 bits per heavy atom. The highest BCUT2D eigenvalue weighted by Crippen LogP contribution is 2.17. The second-order valence-corrected chi connectivity index (χ2v) is 4.77. The monoisotopic (exact) mass is 231 g/mol. The molecule has 1 aliphatic rings. The first-order valence-corrected chi connectivity index (χ1v) is 6.42. The maximum absolute atomic E-state index is 12.3. The molecule has 1 aliphatic carbocycles. The SMILES string of the molecule is CCCc1cc2nc3c(c(=O)n2[nH]1)CCCC3. The van der Waals surface area contributed by atoms with E-state index < -0.39 is 0 Å². The number of aromatic amines is 1. The minimum Gasteiger partial charge on any atom is -0.294 e. The smallest absolute Gasteiger partial charge is 0.276 e. The number of aryl methyl sites for hydroxylation is 2. The van der Waals surface area contributed by atoms with Crippen LogP contribution in [0.25, 0.3) is 5.65 Å². The topological polar surface area (TPSA) is 50.2 Å². The molecule has 90 valence electrons. The Morgan fingerprint density at radius 3 is 3.06 bits per heavy atom. The van der Waals surface area contributed by atoms with Gasteiger partial charge in [-0.05, 0) is 32.1 Å². The highest BCUT2D eigenvalue weighted by molar-refractivity contribution is 5.42. The van der Waals surface area contributed by atoms with E-state index in [4.69, 9.17) is 0 Å². The summed E-state index contributed by atoms with van der Waals surface area (Å²) in [5.74, 6) is 0. The van der Waals surface area contributed by atoms with E-state index >= 15 is 0 Å². The molecule has 0 fully saturated rings. The predicted octanol–water partition coefficient (Wildman–Crippen LogP) is 1.85. The Hall–Kier alpha value is -1.58. The van der Waals surface area contributed by atoms with Crippen LogP contribution in [0.4, 0.5) is 0 Å². The first-order valence-electron chi connectivity index (χ1n) is 6.42. The average Bonchev–Trinajstić information content (AvgIpc) is 2.73. The van der Waals surface area contributed by atoms with Gasteiger partial charge in [0, 0.05) is 17.3 Å². The summed E-state index contributed by atoms with van der Waals surface area (Å²) < 4.78 is 1.61. The molecule has 0 saturated heterocycles. The maximum Gasteiger partial charge on any atom is 0.276 e. The van der Waals surface area contributed by atoms with Gasteiger partial charge in [-0.3, -0.25) is 9.89 Å². The molecular formula is C13H17N3O. The van der Waals surface area contributed by atoms with Crippen molar-refractivity contribution in [1.82, 2.24) is 14.6 Å². The normalized spacial score (nSPS) is 15.1. The number of nitrogens with one attached hydrogen (secondary N) is 1. The van der Waals surface area contributed by atoms with Crippen LogP contribution >= 0.6 is 0 Å². The molecule has 4 nitrogen and oxygen atoms in total. The van der Waals surface area contributed by atoms with Gasteiger partial charge in [0.15, 0.2) is 5.65 Å². The van der Waals surface area contributed by atoms with Gasteiger partial charge < -0.3 is 0 Å². The third kappa shape index (κ3) is 1.68. The summed E-state index contributed by atoms with van der Waals surface area (Å²) in [6, 6.07) is 2.00. The largest absolute Gasteiger partial charge is 0.294 e. The zero-order chi connectivity index (χ0) is 11.8. The van der Waals surface area contributed by atoms with Crippen LogP contribution < -0.4 is 5.56 Å². The zero-order valence-corrected chi connectivity index (χ0v) is 10.1. The number of aromatic nitrogens is 3. The van der Waals surface area contributed by atoms with Crippen molar-refractivity contribution < 1.29 is 0 Å². The van der Waals surface area contributed by atoms with Crippen LogP contribution in [0.1, 0.15) is 43.1 Å². The lowest BCUT2D eigenvalue weighted by molar-refractivity contribution is 0.650. The minimum absolute atomic E-state index is 0.104. The highest BCUT2D eigenvalue weighted by Gasteiger charge is 2.17. The summed E-state index contributed by atoms with van der Waals surface area (Å²) in [5, 5.41) is 3.16. The van der Waals surface area contributed by atoms with Crippen molar-refractivity contribution in [3.63, 3.8) is 0 Å². The number of hydrogen-bond acceptors (Lipinski definition) is 2. The molecule has 0 bridgehead atoms. The summed E-state index contributed by atoms with van der Waals surface area (Å²) >= 11 is 0. The standard InChI is InChI=1S/C13H17N3O/c1-2-5-9-8-12-14-11-7-4-3-6-10(11)13(17)16(12)15-9/h8,15H,2-7H2,1H3. The number of fused-ring (bicyclic) bond motifs is 2. The molecule has 0 saturated carbocycles. The van der Waals surface area contributed by atoms with Gasteiger partial charge in [0.1, 0.15) is 0 Å². The number of nitrogens with zero attached hydrogens (tertiary/aromatic N) is 2. The fourth-order valence-corrected chi connectivity index (χ4v) is 2.60. The molecule has 0 spiro atoms. The van der Waals surface area contributed by atoms with Gasteiger partial charge >= 0.3 is 0 Å². The molecule has 1 N–H and O–H groups in total. The summed E-state index contributed by atoms with van der Waals surface area (Å²) in [6.07, 6.45) is 6.14. The fourth-order valence-electron chi connectivity index (χ4n) is 2.60. The van der Waals surface area contributed by atoms with Crippen molar-refractivity contribution >= 4 is 5.65 Å². The fraction of sp³-hybridized carbons (Fsp3) is 0.538. The predicted molar refractivity (Wildman–Crippen MR) is 66.4 cm³/mol. The van der Waals surface area contributed by atoms with Crippen molar-refractivity contribution in [3.8, 4) is 0 Å². The first-order chi connectivity index (χ1) is 8.29. The summed E-state index contributed by atoms with van der Waals surface area (Å²) in [7, 11) is 0. The molecule has 4 heteroatoms. The van der Waals surface area contributed by atoms with Crippen LogP contribution in [-0.4, -0.2) is 14.6 Å². The van der Waals surface area contributed by atoms with Crippen molar-refractivity contribution in [1.29, 1.82) is 0 Å². The van der Waals surface area contributed by atoms with Gasteiger partial charge in [0.05, 0.1) is 5.69 Å². The molecule has 17 heavy (non-hydrogen) atoms. The molecule has 2 aromatic heterocycles. The van der Waals surface area contributed by atoms with Gasteiger partial charge in [0.2, 0.25) is 0 Å². The van der Waals surface area contributed by atoms with E-state index in [0.29, 0.717) is 0 Å². The van der Waals surface area contributed by atoms with E-state index in [1.54, 1.807) is 4.52 Å². The van der Waals surface area contributed by atoms with E-state index in [9.17, 15) is 4.79 Å². The van der Waals surface area contributed by atoms with Crippen molar-refractivity contribution in [2.45, 2.75) is 45.4 Å². The molecule has 2 heterocycles. The quantitative estimate of drug-likeness (QED) is 0.857. The van der Waals surface area contributed by atoms with E-state index in [1.807, 2.05) is 6.07 Å². The Morgan fingerprint density at radius 2 is 2.24 bits per heavy atom. The molecule has 0 atom stereocenters. The number of hydrogen-bond donors (Lipinski definition) is 1. The van der Waals surface area contributed by atoms with Crippen LogP contribution in [-0.2, 0) is 19.3 Å². The van der Waals surface area contributed by atoms with Crippen LogP contribution in [0.2, 0.25) is 0 Å². The van der Waals surface area contributed by atoms with Gasteiger partial charge in [0.25, 0.3) is 5.56 Å². The van der Waals surface area contributed by atoms with E-state index in [-0.39, 0.29) is 5.56 Å². The second-order valence-electron chi connectivity index (χ2n) is 4.77. The van der Waals surface area contributed by atoms with Gasteiger partial charge in [-0.2, -0.15) is 0 Å². The van der Waals surface area contributed by atoms with Crippen molar-refractivity contribution in [2.24, 2.45) is 0 Å².